The zero-order valence-electron chi connectivity index (χ0n) is 9.29. The van der Waals surface area contributed by atoms with Crippen molar-refractivity contribution in [3.05, 3.63) is 32.7 Å². The monoisotopic (exact) mass is 363 g/mol. The highest BCUT2D eigenvalue weighted by atomic mass is 79.9. The van der Waals surface area contributed by atoms with Gasteiger partial charge in [-0.3, -0.25) is 4.79 Å². The van der Waals surface area contributed by atoms with Gasteiger partial charge >= 0.3 is 5.97 Å². The summed E-state index contributed by atoms with van der Waals surface area (Å²) >= 11 is 6.56. The zero-order valence-corrected chi connectivity index (χ0v) is 12.5. The molecule has 1 rings (SSSR count). The van der Waals surface area contributed by atoms with Crippen molar-refractivity contribution in [2.24, 2.45) is 0 Å². The third-order valence-corrected chi connectivity index (χ3v) is 3.26. The Morgan fingerprint density at radius 2 is 2.00 bits per heavy atom. The lowest BCUT2D eigenvalue weighted by Crippen LogP contribution is -2.39. The van der Waals surface area contributed by atoms with Crippen LogP contribution in [-0.2, 0) is 9.53 Å². The summed E-state index contributed by atoms with van der Waals surface area (Å²) in [5.41, 5.74) is 0.454. The lowest BCUT2D eigenvalue weighted by atomic mass is 10.2. The lowest BCUT2D eigenvalue weighted by Gasteiger charge is -2.12. The second-order valence-corrected chi connectivity index (χ2v) is 5.11. The Morgan fingerprint density at radius 1 is 1.35 bits per heavy atom. The van der Waals surface area contributed by atoms with E-state index in [1.807, 2.05) is 6.07 Å². The van der Waals surface area contributed by atoms with Gasteiger partial charge in [-0.15, -0.1) is 0 Å². The highest BCUT2D eigenvalue weighted by molar-refractivity contribution is 9.11. The normalized spacial score (nSPS) is 11.8. The summed E-state index contributed by atoms with van der Waals surface area (Å²) in [6.45, 7) is 1.57. The van der Waals surface area contributed by atoms with Gasteiger partial charge in [0.2, 0.25) is 0 Å². The highest BCUT2D eigenvalue weighted by Crippen LogP contribution is 2.21. The number of ether oxygens (including phenoxy) is 1. The molecule has 0 radical (unpaired) electrons. The Kier molecular flexibility index (Phi) is 5.14. The molecular weight excluding hydrogens is 354 g/mol. The predicted octanol–water partition coefficient (Wildman–Crippen LogP) is 2.50. The molecule has 0 aliphatic carbocycles. The molecular formula is C11H11Br2NO3. The average molecular weight is 365 g/mol. The molecule has 1 amide bonds. The van der Waals surface area contributed by atoms with E-state index in [2.05, 4.69) is 41.9 Å². The summed E-state index contributed by atoms with van der Waals surface area (Å²) < 4.78 is 5.98. The smallest absolute Gasteiger partial charge is 0.328 e. The summed E-state index contributed by atoms with van der Waals surface area (Å²) in [5, 5.41) is 2.55. The topological polar surface area (TPSA) is 55.4 Å². The van der Waals surface area contributed by atoms with E-state index in [1.54, 1.807) is 19.1 Å². The third-order valence-electron chi connectivity index (χ3n) is 2.08. The zero-order chi connectivity index (χ0) is 13.0. The molecule has 0 heterocycles. The van der Waals surface area contributed by atoms with Gasteiger partial charge in [0, 0.05) is 8.95 Å². The number of nitrogens with one attached hydrogen (secondary N) is 1. The highest BCUT2D eigenvalue weighted by Gasteiger charge is 2.18. The molecule has 6 heteroatoms. The first-order valence-corrected chi connectivity index (χ1v) is 6.38. The van der Waals surface area contributed by atoms with Gasteiger partial charge in [-0.1, -0.05) is 15.9 Å². The number of methoxy groups -OCH3 is 1. The van der Waals surface area contributed by atoms with Crippen LogP contribution < -0.4 is 5.32 Å². The molecule has 0 saturated carbocycles. The molecule has 1 aromatic carbocycles. The van der Waals surface area contributed by atoms with E-state index in [4.69, 9.17) is 0 Å². The third kappa shape index (κ3) is 3.81. The number of esters is 1. The van der Waals surface area contributed by atoms with Crippen LogP contribution in [0.2, 0.25) is 0 Å². The predicted molar refractivity (Wildman–Crippen MR) is 70.8 cm³/mol. The van der Waals surface area contributed by atoms with Gasteiger partial charge in [0.1, 0.15) is 6.04 Å². The molecule has 0 aromatic heterocycles. The van der Waals surface area contributed by atoms with Gasteiger partial charge in [-0.25, -0.2) is 4.79 Å². The minimum atomic E-state index is -0.682. The second-order valence-electron chi connectivity index (χ2n) is 3.34. The number of benzene rings is 1. The van der Waals surface area contributed by atoms with Crippen molar-refractivity contribution in [2.75, 3.05) is 7.11 Å². The summed E-state index contributed by atoms with van der Waals surface area (Å²) in [6, 6.07) is 4.55. The lowest BCUT2D eigenvalue weighted by molar-refractivity contribution is -0.142. The van der Waals surface area contributed by atoms with Crippen LogP contribution in [0, 0.1) is 0 Å². The molecule has 1 aromatic rings. The summed E-state index contributed by atoms with van der Waals surface area (Å²) in [5.74, 6) is -0.819. The van der Waals surface area contributed by atoms with Crippen molar-refractivity contribution in [1.29, 1.82) is 0 Å². The van der Waals surface area contributed by atoms with Crippen LogP contribution in [0.4, 0.5) is 0 Å². The molecule has 17 heavy (non-hydrogen) atoms. The standard InChI is InChI=1S/C11H11Br2NO3/c1-6(11(16)17-2)14-10(15)8-5-7(12)3-4-9(8)13/h3-6H,1-2H3,(H,14,15)/t6-/m0/s1. The molecule has 1 N–H and O–H groups in total. The van der Waals surface area contributed by atoms with Crippen LogP contribution in [0.1, 0.15) is 17.3 Å². The number of carbonyl (C=O) groups excluding carboxylic acids is 2. The van der Waals surface area contributed by atoms with E-state index < -0.39 is 12.0 Å². The fourth-order valence-corrected chi connectivity index (χ4v) is 1.97. The van der Waals surface area contributed by atoms with Gasteiger partial charge in [0.15, 0.2) is 0 Å². The van der Waals surface area contributed by atoms with Crippen LogP contribution in [0.15, 0.2) is 27.1 Å². The molecule has 0 aliphatic heterocycles. The first kappa shape index (κ1) is 14.2. The molecule has 4 nitrogen and oxygen atoms in total. The van der Waals surface area contributed by atoms with Crippen LogP contribution in [-0.4, -0.2) is 25.0 Å². The summed E-state index contributed by atoms with van der Waals surface area (Å²) in [6.07, 6.45) is 0. The SMILES string of the molecule is COC(=O)[C@H](C)NC(=O)c1cc(Br)ccc1Br. The van der Waals surface area contributed by atoms with E-state index >= 15 is 0 Å². The van der Waals surface area contributed by atoms with Crippen molar-refractivity contribution >= 4 is 43.7 Å². The van der Waals surface area contributed by atoms with Crippen molar-refractivity contribution in [3.8, 4) is 0 Å². The molecule has 0 aliphatic rings. The van der Waals surface area contributed by atoms with Crippen molar-refractivity contribution in [2.45, 2.75) is 13.0 Å². The second kappa shape index (κ2) is 6.16. The minimum absolute atomic E-state index is 0.337. The summed E-state index contributed by atoms with van der Waals surface area (Å²) in [7, 11) is 1.28. The number of rotatable bonds is 3. The number of hydrogen-bond donors (Lipinski definition) is 1. The Morgan fingerprint density at radius 3 is 2.59 bits per heavy atom. The maximum Gasteiger partial charge on any atom is 0.328 e. The maximum atomic E-state index is 11.9. The number of halogens is 2. The van der Waals surface area contributed by atoms with E-state index in [-0.39, 0.29) is 5.91 Å². The molecule has 0 spiro atoms. The van der Waals surface area contributed by atoms with Gasteiger partial charge in [0.25, 0.3) is 5.91 Å². The molecule has 0 bridgehead atoms. The largest absolute Gasteiger partial charge is 0.467 e. The van der Waals surface area contributed by atoms with Crippen molar-refractivity contribution in [3.63, 3.8) is 0 Å². The van der Waals surface area contributed by atoms with E-state index in [0.717, 1.165) is 4.47 Å². The Bertz CT molecular complexity index is 448. The minimum Gasteiger partial charge on any atom is -0.467 e. The molecule has 0 unspecified atom stereocenters. The Balaban J connectivity index is 2.83. The fraction of sp³-hybridized carbons (Fsp3) is 0.273. The quantitative estimate of drug-likeness (QED) is 0.838. The first-order valence-electron chi connectivity index (χ1n) is 4.79. The number of carbonyl (C=O) groups is 2. The van der Waals surface area contributed by atoms with Crippen LogP contribution in [0.5, 0.6) is 0 Å². The van der Waals surface area contributed by atoms with E-state index in [0.29, 0.717) is 10.0 Å². The van der Waals surface area contributed by atoms with Crippen LogP contribution >= 0.6 is 31.9 Å². The molecule has 0 saturated heterocycles. The maximum absolute atomic E-state index is 11.9. The van der Waals surface area contributed by atoms with Gasteiger partial charge in [-0.2, -0.15) is 0 Å². The number of hydrogen-bond acceptors (Lipinski definition) is 3. The van der Waals surface area contributed by atoms with Crippen LogP contribution in [0.3, 0.4) is 0 Å². The molecule has 0 fully saturated rings. The van der Waals surface area contributed by atoms with Gasteiger partial charge < -0.3 is 10.1 Å². The van der Waals surface area contributed by atoms with E-state index in [9.17, 15) is 9.59 Å². The van der Waals surface area contributed by atoms with Crippen LogP contribution in [0.25, 0.3) is 0 Å². The Hall–Kier alpha value is -0.880. The molecule has 1 atom stereocenters. The summed E-state index contributed by atoms with van der Waals surface area (Å²) in [4.78, 5) is 23.1. The van der Waals surface area contributed by atoms with Crippen molar-refractivity contribution in [1.82, 2.24) is 5.32 Å². The molecule has 92 valence electrons. The average Bonchev–Trinajstić information content (AvgIpc) is 2.30. The fourth-order valence-electron chi connectivity index (χ4n) is 1.18. The van der Waals surface area contributed by atoms with Gasteiger partial charge in [0.05, 0.1) is 12.7 Å². The van der Waals surface area contributed by atoms with E-state index in [1.165, 1.54) is 7.11 Å². The first-order chi connectivity index (χ1) is 7.95. The van der Waals surface area contributed by atoms with Gasteiger partial charge in [-0.05, 0) is 41.1 Å². The van der Waals surface area contributed by atoms with Crippen molar-refractivity contribution < 1.29 is 14.3 Å². The number of amides is 1. The Labute approximate surface area is 116 Å².